The number of nitrogens with zero attached hydrogens (tertiary/aromatic N) is 5. The predicted molar refractivity (Wildman–Crippen MR) is 117 cm³/mol. The number of nitrogens with one attached hydrogen (secondary N) is 1. The standard InChI is InChI=1S/C22H25ClN6O/c1-15-10-16(2)29(27-15)21-11-20(25-14-26-21)28-9-3-4-18(13-28)22(30)24-12-17-5-7-19(23)8-6-17/h5-8,10-11,14,18H,3-4,9,12-13H2,1-2H3,(H,24,30)/t18-/m1/s1. The van der Waals surface area contributed by atoms with Crippen LogP contribution in [-0.2, 0) is 11.3 Å². The molecule has 0 bridgehead atoms. The molecule has 1 aromatic carbocycles. The number of amides is 1. The Kier molecular flexibility index (Phi) is 5.99. The van der Waals surface area contributed by atoms with E-state index in [2.05, 4.69) is 25.3 Å². The van der Waals surface area contributed by atoms with Crippen LogP contribution in [0.2, 0.25) is 5.02 Å². The van der Waals surface area contributed by atoms with Crippen LogP contribution in [0.1, 0.15) is 29.8 Å². The molecule has 3 heterocycles. The van der Waals surface area contributed by atoms with Crippen molar-refractivity contribution in [2.24, 2.45) is 5.92 Å². The molecule has 0 saturated carbocycles. The lowest BCUT2D eigenvalue weighted by molar-refractivity contribution is -0.125. The van der Waals surface area contributed by atoms with Crippen LogP contribution in [0, 0.1) is 19.8 Å². The Bertz CT molecular complexity index is 1030. The van der Waals surface area contributed by atoms with Gasteiger partial charge in [0.05, 0.1) is 11.6 Å². The van der Waals surface area contributed by atoms with Gasteiger partial charge in [0.15, 0.2) is 5.82 Å². The van der Waals surface area contributed by atoms with Crippen molar-refractivity contribution in [1.82, 2.24) is 25.1 Å². The molecule has 3 aromatic rings. The highest BCUT2D eigenvalue weighted by Gasteiger charge is 2.26. The molecule has 1 fully saturated rings. The molecule has 0 aliphatic carbocycles. The fourth-order valence-corrected chi connectivity index (χ4v) is 3.95. The van der Waals surface area contributed by atoms with Crippen LogP contribution in [0.5, 0.6) is 0 Å². The van der Waals surface area contributed by atoms with E-state index in [1.165, 1.54) is 0 Å². The molecule has 0 radical (unpaired) electrons. The van der Waals surface area contributed by atoms with Gasteiger partial charge >= 0.3 is 0 Å². The van der Waals surface area contributed by atoms with Crippen molar-refractivity contribution in [3.63, 3.8) is 0 Å². The Labute approximate surface area is 181 Å². The SMILES string of the molecule is Cc1cc(C)n(-c2cc(N3CCC[C@@H](C(=O)NCc4ccc(Cl)cc4)C3)ncn2)n1. The summed E-state index contributed by atoms with van der Waals surface area (Å²) < 4.78 is 1.82. The monoisotopic (exact) mass is 424 g/mol. The van der Waals surface area contributed by atoms with Gasteiger partial charge in [0.1, 0.15) is 12.1 Å². The van der Waals surface area contributed by atoms with Crippen molar-refractivity contribution in [2.45, 2.75) is 33.2 Å². The van der Waals surface area contributed by atoms with Crippen LogP contribution < -0.4 is 10.2 Å². The van der Waals surface area contributed by atoms with Crippen molar-refractivity contribution >= 4 is 23.3 Å². The molecular weight excluding hydrogens is 400 g/mol. The van der Waals surface area contributed by atoms with Gasteiger partial charge < -0.3 is 10.2 Å². The number of piperidine rings is 1. The fourth-order valence-electron chi connectivity index (χ4n) is 3.82. The molecule has 1 atom stereocenters. The number of halogens is 1. The smallest absolute Gasteiger partial charge is 0.225 e. The Morgan fingerprint density at radius 3 is 2.67 bits per heavy atom. The van der Waals surface area contributed by atoms with Gasteiger partial charge in [0.25, 0.3) is 0 Å². The first-order valence-electron chi connectivity index (χ1n) is 10.1. The number of anilines is 1. The van der Waals surface area contributed by atoms with Gasteiger partial charge in [0, 0.05) is 36.4 Å². The average Bonchev–Trinajstić information content (AvgIpc) is 3.11. The Morgan fingerprint density at radius 1 is 1.17 bits per heavy atom. The van der Waals surface area contributed by atoms with Crippen molar-refractivity contribution in [3.8, 4) is 5.82 Å². The molecule has 2 aromatic heterocycles. The second-order valence-electron chi connectivity index (χ2n) is 7.70. The average molecular weight is 425 g/mol. The van der Waals surface area contributed by atoms with E-state index in [0.29, 0.717) is 18.1 Å². The summed E-state index contributed by atoms with van der Waals surface area (Å²) in [6.07, 6.45) is 3.38. The number of benzene rings is 1. The van der Waals surface area contributed by atoms with Crippen LogP contribution >= 0.6 is 11.6 Å². The fraction of sp³-hybridized carbons (Fsp3) is 0.364. The summed E-state index contributed by atoms with van der Waals surface area (Å²) in [5.74, 6) is 1.56. The summed E-state index contributed by atoms with van der Waals surface area (Å²) >= 11 is 5.92. The van der Waals surface area contributed by atoms with Crippen molar-refractivity contribution in [3.05, 3.63) is 64.7 Å². The minimum atomic E-state index is -0.0712. The quantitative estimate of drug-likeness (QED) is 0.678. The Morgan fingerprint density at radius 2 is 1.93 bits per heavy atom. The third-order valence-corrected chi connectivity index (χ3v) is 5.61. The molecule has 156 valence electrons. The van der Waals surface area contributed by atoms with Gasteiger partial charge in [-0.25, -0.2) is 14.6 Å². The summed E-state index contributed by atoms with van der Waals surface area (Å²) in [7, 11) is 0. The maximum atomic E-state index is 12.7. The van der Waals surface area contributed by atoms with Gasteiger partial charge in [-0.2, -0.15) is 5.10 Å². The zero-order chi connectivity index (χ0) is 21.1. The molecule has 1 amide bonds. The van der Waals surface area contributed by atoms with E-state index in [0.717, 1.165) is 48.0 Å². The second kappa shape index (κ2) is 8.83. The zero-order valence-corrected chi connectivity index (χ0v) is 17.9. The highest BCUT2D eigenvalue weighted by atomic mass is 35.5. The van der Waals surface area contributed by atoms with E-state index < -0.39 is 0 Å². The van der Waals surface area contributed by atoms with E-state index in [-0.39, 0.29) is 11.8 Å². The first-order chi connectivity index (χ1) is 14.5. The van der Waals surface area contributed by atoms with E-state index in [4.69, 9.17) is 11.6 Å². The maximum Gasteiger partial charge on any atom is 0.225 e. The lowest BCUT2D eigenvalue weighted by Gasteiger charge is -2.33. The van der Waals surface area contributed by atoms with Gasteiger partial charge in [-0.15, -0.1) is 0 Å². The molecule has 8 heteroatoms. The molecule has 0 spiro atoms. The van der Waals surface area contributed by atoms with Gasteiger partial charge in [0.2, 0.25) is 5.91 Å². The summed E-state index contributed by atoms with van der Waals surface area (Å²) in [4.78, 5) is 23.7. The molecule has 1 saturated heterocycles. The summed E-state index contributed by atoms with van der Waals surface area (Å²) in [5.41, 5.74) is 3.00. The van der Waals surface area contributed by atoms with Gasteiger partial charge in [-0.05, 0) is 50.5 Å². The molecule has 30 heavy (non-hydrogen) atoms. The third-order valence-electron chi connectivity index (χ3n) is 5.36. The third kappa shape index (κ3) is 4.62. The summed E-state index contributed by atoms with van der Waals surface area (Å²) in [6, 6.07) is 11.5. The molecular formula is C22H25ClN6O. The molecule has 1 aliphatic heterocycles. The summed E-state index contributed by atoms with van der Waals surface area (Å²) in [6.45, 7) is 5.98. The van der Waals surface area contributed by atoms with Crippen LogP contribution in [0.25, 0.3) is 5.82 Å². The topological polar surface area (TPSA) is 75.9 Å². The first-order valence-corrected chi connectivity index (χ1v) is 10.5. The molecule has 0 unspecified atom stereocenters. The lowest BCUT2D eigenvalue weighted by Crippen LogP contribution is -2.43. The van der Waals surface area contributed by atoms with Crippen LogP contribution in [0.4, 0.5) is 5.82 Å². The van der Waals surface area contributed by atoms with Crippen LogP contribution in [0.3, 0.4) is 0 Å². The highest BCUT2D eigenvalue weighted by Crippen LogP contribution is 2.23. The molecule has 4 rings (SSSR count). The van der Waals surface area contributed by atoms with Crippen molar-refractivity contribution in [1.29, 1.82) is 0 Å². The van der Waals surface area contributed by atoms with E-state index in [1.54, 1.807) is 6.33 Å². The number of rotatable bonds is 5. The van der Waals surface area contributed by atoms with Crippen LogP contribution in [-0.4, -0.2) is 38.7 Å². The maximum absolute atomic E-state index is 12.7. The number of hydrogen-bond acceptors (Lipinski definition) is 5. The van der Waals surface area contributed by atoms with Crippen LogP contribution in [0.15, 0.2) is 42.7 Å². The van der Waals surface area contributed by atoms with E-state index >= 15 is 0 Å². The van der Waals surface area contributed by atoms with E-state index in [1.807, 2.05) is 54.9 Å². The minimum Gasteiger partial charge on any atom is -0.356 e. The van der Waals surface area contributed by atoms with E-state index in [9.17, 15) is 4.79 Å². The first kappa shape index (κ1) is 20.3. The number of aryl methyl sites for hydroxylation is 2. The van der Waals surface area contributed by atoms with Gasteiger partial charge in [-0.3, -0.25) is 4.79 Å². The molecule has 7 nitrogen and oxygen atoms in total. The Balaban J connectivity index is 1.42. The van der Waals surface area contributed by atoms with Crippen molar-refractivity contribution in [2.75, 3.05) is 18.0 Å². The van der Waals surface area contributed by atoms with Crippen molar-refractivity contribution < 1.29 is 4.79 Å². The predicted octanol–water partition coefficient (Wildman–Crippen LogP) is 3.47. The number of carbonyl (C=O) groups excluding carboxylic acids is 1. The molecule has 1 aliphatic rings. The second-order valence-corrected chi connectivity index (χ2v) is 8.14. The largest absolute Gasteiger partial charge is 0.356 e. The lowest BCUT2D eigenvalue weighted by atomic mass is 9.97. The minimum absolute atomic E-state index is 0.0712. The van der Waals surface area contributed by atoms with Gasteiger partial charge in [-0.1, -0.05) is 23.7 Å². The number of carbonyl (C=O) groups is 1. The summed E-state index contributed by atoms with van der Waals surface area (Å²) in [5, 5.41) is 8.25. The normalized spacial score (nSPS) is 16.5. The molecule has 1 N–H and O–H groups in total. The highest BCUT2D eigenvalue weighted by molar-refractivity contribution is 6.30. The zero-order valence-electron chi connectivity index (χ0n) is 17.2. The number of aromatic nitrogens is 4. The number of hydrogen-bond donors (Lipinski definition) is 1. The Hall–Kier alpha value is -2.93.